The van der Waals surface area contributed by atoms with Crippen LogP contribution in [-0.2, 0) is 11.2 Å². The smallest absolute Gasteiger partial charge is 0.227 e. The first-order valence-corrected chi connectivity index (χ1v) is 7.54. The van der Waals surface area contributed by atoms with Crippen molar-refractivity contribution in [3.05, 3.63) is 35.0 Å². The number of hydrogen-bond donors (Lipinski definition) is 1. The van der Waals surface area contributed by atoms with E-state index in [2.05, 4.69) is 11.9 Å². The molecule has 1 amide bonds. The van der Waals surface area contributed by atoms with Gasteiger partial charge in [-0.2, -0.15) is 0 Å². The van der Waals surface area contributed by atoms with Gasteiger partial charge in [-0.05, 0) is 42.5 Å². The Labute approximate surface area is 123 Å². The van der Waals surface area contributed by atoms with Gasteiger partial charge in [0, 0.05) is 35.2 Å². The molecule has 0 aliphatic carbocycles. The molecule has 1 aromatic carbocycles. The Balaban J connectivity index is 1.76. The van der Waals surface area contributed by atoms with Gasteiger partial charge in [-0.3, -0.25) is 4.79 Å². The molecule has 1 fully saturated rings. The van der Waals surface area contributed by atoms with Crippen molar-refractivity contribution in [3.8, 4) is 0 Å². The summed E-state index contributed by atoms with van der Waals surface area (Å²) in [6, 6.07) is 5.74. The van der Waals surface area contributed by atoms with E-state index in [1.54, 1.807) is 0 Å². The third-order valence-electron chi connectivity index (χ3n) is 4.21. The number of piperidine rings is 1. The van der Waals surface area contributed by atoms with Crippen LogP contribution in [0, 0.1) is 5.92 Å². The minimum atomic E-state index is 0.220. The number of halogens is 1. The number of H-pyrrole nitrogens is 1. The van der Waals surface area contributed by atoms with Crippen LogP contribution in [0.15, 0.2) is 24.4 Å². The molecular formula is C16H19ClN2O. The van der Waals surface area contributed by atoms with Crippen molar-refractivity contribution in [2.45, 2.75) is 26.2 Å². The first-order chi connectivity index (χ1) is 9.63. The van der Waals surface area contributed by atoms with E-state index in [1.165, 1.54) is 0 Å². The van der Waals surface area contributed by atoms with Crippen LogP contribution in [0.4, 0.5) is 0 Å². The lowest BCUT2D eigenvalue weighted by atomic mass is 9.98. The standard InChI is InChI=1S/C16H19ClN2O/c1-11-4-6-19(7-5-11)16(20)8-12-10-18-15-3-2-13(17)9-14(12)15/h2-3,9-11,18H,4-8H2,1H3. The molecule has 1 aliphatic heterocycles. The summed E-state index contributed by atoms with van der Waals surface area (Å²) in [7, 11) is 0. The maximum absolute atomic E-state index is 12.4. The van der Waals surface area contributed by atoms with Gasteiger partial charge in [0.15, 0.2) is 0 Å². The molecule has 20 heavy (non-hydrogen) atoms. The summed E-state index contributed by atoms with van der Waals surface area (Å²) >= 11 is 6.04. The highest BCUT2D eigenvalue weighted by molar-refractivity contribution is 6.31. The van der Waals surface area contributed by atoms with Crippen LogP contribution in [0.5, 0.6) is 0 Å². The summed E-state index contributed by atoms with van der Waals surface area (Å²) < 4.78 is 0. The number of carbonyl (C=O) groups is 1. The summed E-state index contributed by atoms with van der Waals surface area (Å²) in [4.78, 5) is 17.6. The maximum Gasteiger partial charge on any atom is 0.227 e. The van der Waals surface area contributed by atoms with Crippen LogP contribution in [0.3, 0.4) is 0 Å². The summed E-state index contributed by atoms with van der Waals surface area (Å²) in [5.74, 6) is 0.962. The number of benzene rings is 1. The molecule has 0 atom stereocenters. The van der Waals surface area contributed by atoms with Crippen molar-refractivity contribution in [3.63, 3.8) is 0 Å². The Hall–Kier alpha value is -1.48. The summed E-state index contributed by atoms with van der Waals surface area (Å²) in [6.07, 6.45) is 4.61. The molecule has 1 aromatic heterocycles. The van der Waals surface area contributed by atoms with E-state index in [4.69, 9.17) is 11.6 Å². The lowest BCUT2D eigenvalue weighted by Crippen LogP contribution is -2.38. The largest absolute Gasteiger partial charge is 0.361 e. The molecule has 1 N–H and O–H groups in total. The molecule has 1 aliphatic rings. The minimum absolute atomic E-state index is 0.220. The minimum Gasteiger partial charge on any atom is -0.361 e. The zero-order valence-corrected chi connectivity index (χ0v) is 12.4. The fourth-order valence-corrected chi connectivity index (χ4v) is 3.00. The average Bonchev–Trinajstić information content (AvgIpc) is 2.82. The van der Waals surface area contributed by atoms with Crippen LogP contribution in [0.2, 0.25) is 5.02 Å². The number of aromatic nitrogens is 1. The number of rotatable bonds is 2. The van der Waals surface area contributed by atoms with Crippen molar-refractivity contribution in [2.75, 3.05) is 13.1 Å². The van der Waals surface area contributed by atoms with E-state index < -0.39 is 0 Å². The zero-order chi connectivity index (χ0) is 14.1. The predicted molar refractivity (Wildman–Crippen MR) is 82.0 cm³/mol. The number of carbonyl (C=O) groups excluding carboxylic acids is 1. The fraction of sp³-hybridized carbons (Fsp3) is 0.438. The molecule has 0 saturated carbocycles. The van der Waals surface area contributed by atoms with Gasteiger partial charge in [-0.25, -0.2) is 0 Å². The van der Waals surface area contributed by atoms with Crippen LogP contribution in [0.25, 0.3) is 10.9 Å². The number of likely N-dealkylation sites (tertiary alicyclic amines) is 1. The summed E-state index contributed by atoms with van der Waals surface area (Å²) in [5.41, 5.74) is 2.07. The second-order valence-electron chi connectivity index (χ2n) is 5.74. The Morgan fingerprint density at radius 3 is 2.90 bits per heavy atom. The monoisotopic (exact) mass is 290 g/mol. The van der Waals surface area contributed by atoms with E-state index in [0.717, 1.165) is 48.3 Å². The Morgan fingerprint density at radius 1 is 1.40 bits per heavy atom. The van der Waals surface area contributed by atoms with Gasteiger partial charge in [0.25, 0.3) is 0 Å². The van der Waals surface area contributed by atoms with E-state index in [0.29, 0.717) is 11.4 Å². The third-order valence-corrected chi connectivity index (χ3v) is 4.44. The van der Waals surface area contributed by atoms with Crippen LogP contribution >= 0.6 is 11.6 Å². The van der Waals surface area contributed by atoms with Gasteiger partial charge in [0.05, 0.1) is 6.42 Å². The SMILES string of the molecule is CC1CCN(C(=O)Cc2c[nH]c3ccc(Cl)cc23)CC1. The van der Waals surface area contributed by atoms with Gasteiger partial charge in [-0.15, -0.1) is 0 Å². The third kappa shape index (κ3) is 2.68. The highest BCUT2D eigenvalue weighted by atomic mass is 35.5. The van der Waals surface area contributed by atoms with Crippen molar-refractivity contribution >= 4 is 28.4 Å². The van der Waals surface area contributed by atoms with Crippen LogP contribution in [0.1, 0.15) is 25.3 Å². The number of nitrogens with one attached hydrogen (secondary N) is 1. The molecule has 0 radical (unpaired) electrons. The molecule has 0 bridgehead atoms. The Morgan fingerprint density at radius 2 is 2.15 bits per heavy atom. The Kier molecular flexibility index (Phi) is 3.70. The maximum atomic E-state index is 12.4. The molecule has 0 unspecified atom stereocenters. The first-order valence-electron chi connectivity index (χ1n) is 7.17. The fourth-order valence-electron chi connectivity index (χ4n) is 2.83. The zero-order valence-electron chi connectivity index (χ0n) is 11.7. The van der Waals surface area contributed by atoms with E-state index >= 15 is 0 Å². The summed E-state index contributed by atoms with van der Waals surface area (Å²) in [5, 5.41) is 1.76. The number of nitrogens with zero attached hydrogens (tertiary/aromatic N) is 1. The van der Waals surface area contributed by atoms with Crippen molar-refractivity contribution in [2.24, 2.45) is 5.92 Å². The number of amides is 1. The van der Waals surface area contributed by atoms with Gasteiger partial charge < -0.3 is 9.88 Å². The van der Waals surface area contributed by atoms with Crippen molar-refractivity contribution in [1.29, 1.82) is 0 Å². The Bertz CT molecular complexity index is 626. The molecule has 3 rings (SSSR count). The summed E-state index contributed by atoms with van der Waals surface area (Å²) in [6.45, 7) is 4.04. The molecule has 3 nitrogen and oxygen atoms in total. The van der Waals surface area contributed by atoms with Gasteiger partial charge in [-0.1, -0.05) is 18.5 Å². The van der Waals surface area contributed by atoms with E-state index in [1.807, 2.05) is 29.3 Å². The van der Waals surface area contributed by atoms with Crippen molar-refractivity contribution < 1.29 is 4.79 Å². The lowest BCUT2D eigenvalue weighted by molar-refractivity contribution is -0.131. The highest BCUT2D eigenvalue weighted by Gasteiger charge is 2.21. The molecule has 4 heteroatoms. The van der Waals surface area contributed by atoms with E-state index in [-0.39, 0.29) is 5.91 Å². The van der Waals surface area contributed by atoms with Gasteiger partial charge >= 0.3 is 0 Å². The van der Waals surface area contributed by atoms with Crippen LogP contribution in [-0.4, -0.2) is 28.9 Å². The average molecular weight is 291 g/mol. The van der Waals surface area contributed by atoms with Crippen LogP contribution < -0.4 is 0 Å². The van der Waals surface area contributed by atoms with Gasteiger partial charge in [0.2, 0.25) is 5.91 Å². The second kappa shape index (κ2) is 5.49. The normalized spacial score (nSPS) is 16.8. The van der Waals surface area contributed by atoms with Crippen molar-refractivity contribution in [1.82, 2.24) is 9.88 Å². The molecule has 106 valence electrons. The van der Waals surface area contributed by atoms with Gasteiger partial charge in [0.1, 0.15) is 0 Å². The molecule has 2 aromatic rings. The molecule has 0 spiro atoms. The molecule has 1 saturated heterocycles. The second-order valence-corrected chi connectivity index (χ2v) is 6.18. The highest BCUT2D eigenvalue weighted by Crippen LogP contribution is 2.24. The van der Waals surface area contributed by atoms with E-state index in [9.17, 15) is 4.79 Å². The number of hydrogen-bond acceptors (Lipinski definition) is 1. The topological polar surface area (TPSA) is 36.1 Å². The number of fused-ring (bicyclic) bond motifs is 1. The number of aromatic amines is 1. The molecule has 2 heterocycles. The first kappa shape index (κ1) is 13.5. The quantitative estimate of drug-likeness (QED) is 0.901. The molecular weight excluding hydrogens is 272 g/mol. The lowest BCUT2D eigenvalue weighted by Gasteiger charge is -2.30. The predicted octanol–water partition coefficient (Wildman–Crippen LogP) is 3.62.